The minimum atomic E-state index is -5.08. The molecule has 4 N–H and O–H groups in total. The predicted molar refractivity (Wildman–Crippen MR) is 169 cm³/mol. The molecule has 16 heteroatoms. The van der Waals surface area contributed by atoms with Gasteiger partial charge in [-0.25, -0.2) is 9.78 Å². The number of nitrogens with two attached hydrogens (primary N) is 1. The lowest BCUT2D eigenvalue weighted by Crippen LogP contribution is -2.45. The Morgan fingerprint density at radius 3 is 2.45 bits per heavy atom. The number of carboxylic acid groups (broad SMARTS) is 2. The average Bonchev–Trinajstić information content (AvgIpc) is 3.63. The van der Waals surface area contributed by atoms with Crippen molar-refractivity contribution in [2.45, 2.75) is 50.7 Å². The fourth-order valence-electron chi connectivity index (χ4n) is 6.08. The maximum absolute atomic E-state index is 12.9. The molecule has 4 heterocycles. The number of carboxylic acids is 2. The molecule has 2 amide bonds. The van der Waals surface area contributed by atoms with Gasteiger partial charge in [0.15, 0.2) is 0 Å². The van der Waals surface area contributed by atoms with Crippen LogP contribution in [0.3, 0.4) is 0 Å². The lowest BCUT2D eigenvalue weighted by atomic mass is 10.1. The third kappa shape index (κ3) is 8.94. The van der Waals surface area contributed by atoms with Crippen molar-refractivity contribution in [3.63, 3.8) is 0 Å². The van der Waals surface area contributed by atoms with Crippen LogP contribution < -0.4 is 15.4 Å². The van der Waals surface area contributed by atoms with Crippen molar-refractivity contribution in [2.75, 3.05) is 44.3 Å². The Morgan fingerprint density at radius 2 is 1.78 bits per heavy atom. The van der Waals surface area contributed by atoms with Crippen LogP contribution in [0.25, 0.3) is 10.9 Å². The number of nitrogens with zero attached hydrogens (tertiary/aromatic N) is 4. The summed E-state index contributed by atoms with van der Waals surface area (Å²) in [5, 5.41) is 17.3. The number of carbonyl (C=O) groups is 4. The second kappa shape index (κ2) is 15.1. The normalized spacial score (nSPS) is 18.5. The van der Waals surface area contributed by atoms with Crippen LogP contribution in [0.15, 0.2) is 48.5 Å². The Hall–Kier alpha value is -4.96. The zero-order valence-electron chi connectivity index (χ0n) is 26.4. The lowest BCUT2D eigenvalue weighted by Gasteiger charge is -2.28. The molecule has 3 aliphatic heterocycles. The maximum atomic E-state index is 12.9. The van der Waals surface area contributed by atoms with Crippen LogP contribution in [-0.4, -0.2) is 106 Å². The number of likely N-dealkylation sites (tertiary alicyclic amines) is 1. The molecule has 0 bridgehead atoms. The van der Waals surface area contributed by atoms with E-state index >= 15 is 0 Å². The third-order valence-electron chi connectivity index (χ3n) is 8.50. The maximum Gasteiger partial charge on any atom is 0.490 e. The van der Waals surface area contributed by atoms with Gasteiger partial charge in [-0.2, -0.15) is 13.2 Å². The molecule has 1 aromatic heterocycles. The first-order valence-electron chi connectivity index (χ1n) is 15.6. The van der Waals surface area contributed by atoms with E-state index < -0.39 is 30.1 Å². The van der Waals surface area contributed by atoms with Gasteiger partial charge < -0.3 is 35.2 Å². The summed E-state index contributed by atoms with van der Waals surface area (Å²) in [6, 6.07) is 15.0. The SMILES string of the molecule is NC(=O)C(CCC(=O)O)N1Cc2cc(O[C@H]3CCN(Cc4ccc5nc(N6CCOCC6)ccc5c4)C3)ccc2C1=O.O=C(O)C(F)(F)F. The van der Waals surface area contributed by atoms with Gasteiger partial charge >= 0.3 is 18.1 Å². The number of anilines is 1. The molecule has 0 radical (unpaired) electrons. The summed E-state index contributed by atoms with van der Waals surface area (Å²) in [6.45, 7) is 5.91. The summed E-state index contributed by atoms with van der Waals surface area (Å²) >= 11 is 0. The third-order valence-corrected chi connectivity index (χ3v) is 8.50. The van der Waals surface area contributed by atoms with E-state index in [1.54, 1.807) is 12.1 Å². The van der Waals surface area contributed by atoms with Crippen molar-refractivity contribution < 1.29 is 52.0 Å². The zero-order chi connectivity index (χ0) is 35.3. The number of hydrogen-bond acceptors (Lipinski definition) is 9. The first kappa shape index (κ1) is 35.3. The second-order valence-electron chi connectivity index (χ2n) is 12.0. The minimum absolute atomic E-state index is 0.0170. The second-order valence-corrected chi connectivity index (χ2v) is 12.0. The number of aliphatic carboxylic acids is 2. The number of morpholine rings is 1. The van der Waals surface area contributed by atoms with E-state index in [9.17, 15) is 27.6 Å². The monoisotopic (exact) mass is 687 g/mol. The molecule has 13 nitrogen and oxygen atoms in total. The average molecular weight is 688 g/mol. The van der Waals surface area contributed by atoms with E-state index in [2.05, 4.69) is 40.1 Å². The van der Waals surface area contributed by atoms with Crippen molar-refractivity contribution in [2.24, 2.45) is 5.73 Å². The summed E-state index contributed by atoms with van der Waals surface area (Å²) in [7, 11) is 0. The van der Waals surface area contributed by atoms with Gasteiger partial charge in [0.05, 0.1) is 18.7 Å². The van der Waals surface area contributed by atoms with Gasteiger partial charge in [0.1, 0.15) is 23.7 Å². The number of alkyl halides is 3. The van der Waals surface area contributed by atoms with Crippen molar-refractivity contribution in [3.05, 3.63) is 65.2 Å². The molecule has 6 rings (SSSR count). The van der Waals surface area contributed by atoms with Gasteiger partial charge in [-0.1, -0.05) is 6.07 Å². The van der Waals surface area contributed by atoms with Crippen molar-refractivity contribution in [3.8, 4) is 5.75 Å². The van der Waals surface area contributed by atoms with Crippen LogP contribution >= 0.6 is 0 Å². The van der Waals surface area contributed by atoms with E-state index in [0.717, 1.165) is 74.6 Å². The molecular formula is C33H36F3N5O8. The topological polar surface area (TPSA) is 176 Å². The Bertz CT molecular complexity index is 1720. The molecule has 2 aromatic carbocycles. The Balaban J connectivity index is 0.000000606. The molecule has 2 saturated heterocycles. The van der Waals surface area contributed by atoms with Crippen LogP contribution in [0.4, 0.5) is 19.0 Å². The molecule has 3 aliphatic rings. The van der Waals surface area contributed by atoms with E-state index in [0.29, 0.717) is 11.3 Å². The van der Waals surface area contributed by atoms with Crippen molar-refractivity contribution in [1.29, 1.82) is 0 Å². The molecule has 262 valence electrons. The molecule has 0 aliphatic carbocycles. The van der Waals surface area contributed by atoms with Gasteiger partial charge in [-0.15, -0.1) is 0 Å². The summed E-state index contributed by atoms with van der Waals surface area (Å²) in [4.78, 5) is 55.7. The van der Waals surface area contributed by atoms with Gasteiger partial charge in [0.2, 0.25) is 5.91 Å². The lowest BCUT2D eigenvalue weighted by molar-refractivity contribution is -0.192. The largest absolute Gasteiger partial charge is 0.490 e. The van der Waals surface area contributed by atoms with Crippen molar-refractivity contribution in [1.82, 2.24) is 14.8 Å². The number of hydrogen-bond donors (Lipinski definition) is 3. The molecule has 49 heavy (non-hydrogen) atoms. The van der Waals surface area contributed by atoms with Crippen molar-refractivity contribution >= 4 is 40.5 Å². The smallest absolute Gasteiger partial charge is 0.489 e. The van der Waals surface area contributed by atoms with Crippen LogP contribution in [0.5, 0.6) is 5.75 Å². The summed E-state index contributed by atoms with van der Waals surface area (Å²) in [6.07, 6.45) is -4.44. The highest BCUT2D eigenvalue weighted by Crippen LogP contribution is 2.31. The van der Waals surface area contributed by atoms with Gasteiger partial charge in [0, 0.05) is 56.6 Å². The Morgan fingerprint density at radius 1 is 1.04 bits per heavy atom. The number of benzene rings is 2. The van der Waals surface area contributed by atoms with E-state index in [1.165, 1.54) is 10.5 Å². The van der Waals surface area contributed by atoms with Gasteiger partial charge in [-0.3, -0.25) is 19.3 Å². The summed E-state index contributed by atoms with van der Waals surface area (Å²) in [5.41, 5.74) is 8.95. The molecule has 0 spiro atoms. The predicted octanol–water partition coefficient (Wildman–Crippen LogP) is 3.03. The summed E-state index contributed by atoms with van der Waals surface area (Å²) in [5.74, 6) is -3.16. The number of carbonyl (C=O) groups excluding carboxylic acids is 2. The fraction of sp³-hybridized carbons (Fsp3) is 0.424. The van der Waals surface area contributed by atoms with Gasteiger partial charge in [-0.05, 0) is 66.4 Å². The Kier molecular flexibility index (Phi) is 10.9. The highest BCUT2D eigenvalue weighted by molar-refractivity contribution is 6.01. The Labute approximate surface area is 279 Å². The van der Waals surface area contributed by atoms with E-state index in [4.69, 9.17) is 35.2 Å². The van der Waals surface area contributed by atoms with E-state index in [1.807, 2.05) is 6.07 Å². The van der Waals surface area contributed by atoms with Crippen LogP contribution in [-0.2, 0) is 32.2 Å². The molecule has 2 atom stereocenters. The fourth-order valence-corrected chi connectivity index (χ4v) is 6.08. The standard InChI is InChI=1S/C31H35N5O6.C2HF3O2/c32-30(39)27(6-8-29(37)38)36-18-22-16-23(3-4-25(22)31(36)40)42-24-9-10-34(19-24)17-20-1-5-26-21(15-20)2-7-28(33-26)35-11-13-41-14-12-35;3-2(4,5)1(6)7/h1-5,7,15-16,24,27H,6,8-14,17-19H2,(H2,32,39)(H,37,38);(H,6,7)/t24-,27?;/m0./s1. The number of halogens is 3. The first-order chi connectivity index (χ1) is 23.3. The number of aromatic nitrogens is 1. The number of pyridine rings is 1. The molecule has 0 saturated carbocycles. The van der Waals surface area contributed by atoms with Gasteiger partial charge in [0.25, 0.3) is 5.91 Å². The first-order valence-corrected chi connectivity index (χ1v) is 15.6. The van der Waals surface area contributed by atoms with Crippen LogP contribution in [0.1, 0.15) is 40.7 Å². The highest BCUT2D eigenvalue weighted by atomic mass is 19.4. The summed E-state index contributed by atoms with van der Waals surface area (Å²) < 4.78 is 43.5. The van der Waals surface area contributed by atoms with E-state index in [-0.39, 0.29) is 31.4 Å². The minimum Gasteiger partial charge on any atom is -0.489 e. The number of fused-ring (bicyclic) bond motifs is 2. The molecule has 2 fully saturated rings. The number of ether oxygens (including phenoxy) is 2. The van der Waals surface area contributed by atoms with Crippen LogP contribution in [0, 0.1) is 0 Å². The number of primary amides is 1. The van der Waals surface area contributed by atoms with Crippen LogP contribution in [0.2, 0.25) is 0 Å². The number of rotatable bonds is 10. The quantitative estimate of drug-likeness (QED) is 0.286. The molecule has 1 unspecified atom stereocenters. The number of amides is 2. The molecule has 3 aromatic rings. The zero-order valence-corrected chi connectivity index (χ0v) is 26.4. The molecular weight excluding hydrogens is 651 g/mol. The highest BCUT2D eigenvalue weighted by Gasteiger charge is 2.38.